The van der Waals surface area contributed by atoms with Gasteiger partial charge in [0.25, 0.3) is 0 Å². The molecule has 0 unspecified atom stereocenters. The smallest absolute Gasteiger partial charge is 0.166 e. The van der Waals surface area contributed by atoms with Gasteiger partial charge >= 0.3 is 0 Å². The molecule has 0 heterocycles. The van der Waals surface area contributed by atoms with Crippen molar-refractivity contribution in [3.63, 3.8) is 0 Å². The summed E-state index contributed by atoms with van der Waals surface area (Å²) in [7, 11) is 0. The lowest BCUT2D eigenvalue weighted by Crippen LogP contribution is -2.57. The van der Waals surface area contributed by atoms with Crippen molar-refractivity contribution in [2.45, 2.75) is 45.1 Å². The zero-order valence-corrected chi connectivity index (χ0v) is 12.1. The Labute approximate surface area is 116 Å². The predicted molar refractivity (Wildman–Crippen MR) is 79.4 cm³/mol. The van der Waals surface area contributed by atoms with Crippen molar-refractivity contribution < 1.29 is 0 Å². The molecular weight excluding hydrogens is 240 g/mol. The van der Waals surface area contributed by atoms with Crippen molar-refractivity contribution >= 4 is 17.3 Å². The first kappa shape index (κ1) is 12.5. The van der Waals surface area contributed by atoms with Crippen LogP contribution in [0.5, 0.6) is 0 Å². The van der Waals surface area contributed by atoms with Gasteiger partial charge in [-0.15, -0.1) is 0 Å². The van der Waals surface area contributed by atoms with Gasteiger partial charge in [-0.25, -0.2) is 0 Å². The highest BCUT2D eigenvalue weighted by molar-refractivity contribution is 7.80. The molecule has 0 aromatic rings. The van der Waals surface area contributed by atoms with Crippen LogP contribution in [0.25, 0.3) is 0 Å². The largest absolute Gasteiger partial charge is 0.359 e. The maximum Gasteiger partial charge on any atom is 0.166 e. The number of hydrogen-bond acceptors (Lipinski definition) is 1. The Hall–Kier alpha value is -0.570. The van der Waals surface area contributed by atoms with Gasteiger partial charge < -0.3 is 10.6 Å². The second-order valence-corrected chi connectivity index (χ2v) is 7.15. The summed E-state index contributed by atoms with van der Waals surface area (Å²) in [6, 6.07) is 0.642. The van der Waals surface area contributed by atoms with E-state index in [1.54, 1.807) is 0 Å². The highest BCUT2D eigenvalue weighted by atomic mass is 32.1. The SMILES string of the molecule is C=C(C)CNC(=S)NC1C2CC3CC(C2)CC1C3. The summed E-state index contributed by atoms with van der Waals surface area (Å²) in [5, 5.41) is 7.69. The summed E-state index contributed by atoms with van der Waals surface area (Å²) in [4.78, 5) is 0. The number of nitrogens with one attached hydrogen (secondary N) is 2. The molecule has 4 saturated carbocycles. The van der Waals surface area contributed by atoms with Crippen molar-refractivity contribution in [2.75, 3.05) is 6.54 Å². The van der Waals surface area contributed by atoms with Gasteiger partial charge in [-0.05, 0) is 74.9 Å². The van der Waals surface area contributed by atoms with Crippen molar-refractivity contribution in [1.82, 2.24) is 10.6 Å². The van der Waals surface area contributed by atoms with Crippen molar-refractivity contribution in [3.05, 3.63) is 12.2 Å². The molecule has 100 valence electrons. The Kier molecular flexibility index (Phi) is 3.35. The third kappa shape index (κ3) is 2.42. The van der Waals surface area contributed by atoms with E-state index in [0.29, 0.717) is 6.04 Å². The van der Waals surface area contributed by atoms with Gasteiger partial charge in [-0.2, -0.15) is 0 Å². The third-order valence-corrected chi connectivity index (χ3v) is 5.34. The van der Waals surface area contributed by atoms with E-state index in [1.165, 1.54) is 32.1 Å². The van der Waals surface area contributed by atoms with Crippen LogP contribution in [0.15, 0.2) is 12.2 Å². The molecule has 4 aliphatic rings. The van der Waals surface area contributed by atoms with Crippen LogP contribution < -0.4 is 10.6 Å². The molecule has 4 bridgehead atoms. The molecule has 4 aliphatic carbocycles. The molecule has 0 aromatic heterocycles. The van der Waals surface area contributed by atoms with Crippen LogP contribution in [0.2, 0.25) is 0 Å². The Morgan fingerprint density at radius 2 is 1.67 bits per heavy atom. The zero-order chi connectivity index (χ0) is 12.7. The van der Waals surface area contributed by atoms with E-state index in [0.717, 1.165) is 40.9 Å². The normalized spacial score (nSPS) is 40.6. The molecule has 0 aliphatic heterocycles. The number of thiocarbonyl (C=S) groups is 1. The van der Waals surface area contributed by atoms with Crippen LogP contribution in [0.1, 0.15) is 39.0 Å². The third-order valence-electron chi connectivity index (χ3n) is 5.08. The maximum atomic E-state index is 5.41. The fourth-order valence-electron chi connectivity index (χ4n) is 4.59. The molecule has 2 N–H and O–H groups in total. The Morgan fingerprint density at radius 1 is 1.11 bits per heavy atom. The Morgan fingerprint density at radius 3 is 2.17 bits per heavy atom. The molecule has 3 heteroatoms. The summed E-state index contributed by atoms with van der Waals surface area (Å²) in [5.41, 5.74) is 1.13. The number of rotatable bonds is 3. The lowest BCUT2D eigenvalue weighted by molar-refractivity contribution is -0.00692. The van der Waals surface area contributed by atoms with Crippen LogP contribution >= 0.6 is 12.2 Å². The molecule has 0 aromatic carbocycles. The minimum absolute atomic E-state index is 0.642. The van der Waals surface area contributed by atoms with Gasteiger partial charge in [0.05, 0.1) is 0 Å². The molecule has 2 nitrogen and oxygen atoms in total. The standard InChI is InChI=1S/C15H24N2S/c1-9(2)8-16-15(18)17-14-12-4-10-3-11(6-12)7-13(14)5-10/h10-14H,1,3-8H2,2H3,(H2,16,17,18). The number of hydrogen-bond donors (Lipinski definition) is 2. The lowest BCUT2D eigenvalue weighted by atomic mass is 9.54. The van der Waals surface area contributed by atoms with Gasteiger partial charge in [-0.3, -0.25) is 0 Å². The molecule has 0 spiro atoms. The van der Waals surface area contributed by atoms with Gasteiger partial charge in [0.2, 0.25) is 0 Å². The molecule has 4 fully saturated rings. The van der Waals surface area contributed by atoms with Crippen LogP contribution in [0.4, 0.5) is 0 Å². The summed E-state index contributed by atoms with van der Waals surface area (Å²) in [6.45, 7) is 6.71. The molecule has 4 rings (SSSR count). The first-order valence-electron chi connectivity index (χ1n) is 7.30. The zero-order valence-electron chi connectivity index (χ0n) is 11.2. The van der Waals surface area contributed by atoms with Gasteiger partial charge in [0, 0.05) is 12.6 Å². The van der Waals surface area contributed by atoms with E-state index in [-0.39, 0.29) is 0 Å². The van der Waals surface area contributed by atoms with Crippen LogP contribution in [-0.4, -0.2) is 17.7 Å². The molecular formula is C15H24N2S. The average molecular weight is 264 g/mol. The van der Waals surface area contributed by atoms with E-state index in [4.69, 9.17) is 12.2 Å². The van der Waals surface area contributed by atoms with Gasteiger partial charge in [-0.1, -0.05) is 12.2 Å². The lowest BCUT2D eigenvalue weighted by Gasteiger charge is -2.54. The van der Waals surface area contributed by atoms with E-state index < -0.39 is 0 Å². The minimum atomic E-state index is 0.642. The van der Waals surface area contributed by atoms with Crippen molar-refractivity contribution in [2.24, 2.45) is 23.7 Å². The Bertz CT molecular complexity index is 336. The fraction of sp³-hybridized carbons (Fsp3) is 0.800. The molecule has 0 atom stereocenters. The highest BCUT2D eigenvalue weighted by Crippen LogP contribution is 2.53. The minimum Gasteiger partial charge on any atom is -0.359 e. The second kappa shape index (κ2) is 4.84. The monoisotopic (exact) mass is 264 g/mol. The first-order chi connectivity index (χ1) is 8.61. The van der Waals surface area contributed by atoms with Crippen LogP contribution in [0.3, 0.4) is 0 Å². The highest BCUT2D eigenvalue weighted by Gasteiger charge is 2.48. The summed E-state index contributed by atoms with van der Waals surface area (Å²) < 4.78 is 0. The van der Waals surface area contributed by atoms with Crippen molar-refractivity contribution in [3.8, 4) is 0 Å². The molecule has 0 saturated heterocycles. The molecule has 18 heavy (non-hydrogen) atoms. The maximum absolute atomic E-state index is 5.41. The Balaban J connectivity index is 1.57. The topological polar surface area (TPSA) is 24.1 Å². The first-order valence-corrected chi connectivity index (χ1v) is 7.71. The van der Waals surface area contributed by atoms with E-state index in [1.807, 2.05) is 6.92 Å². The van der Waals surface area contributed by atoms with E-state index in [2.05, 4.69) is 17.2 Å². The van der Waals surface area contributed by atoms with Crippen molar-refractivity contribution in [1.29, 1.82) is 0 Å². The molecule has 0 amide bonds. The van der Waals surface area contributed by atoms with Gasteiger partial charge in [0.1, 0.15) is 0 Å². The fourth-order valence-corrected chi connectivity index (χ4v) is 4.80. The summed E-state index contributed by atoms with van der Waals surface area (Å²) >= 11 is 5.41. The summed E-state index contributed by atoms with van der Waals surface area (Å²) in [5.74, 6) is 3.82. The quantitative estimate of drug-likeness (QED) is 0.605. The van der Waals surface area contributed by atoms with Crippen LogP contribution in [-0.2, 0) is 0 Å². The van der Waals surface area contributed by atoms with Crippen LogP contribution in [0, 0.1) is 23.7 Å². The van der Waals surface area contributed by atoms with Gasteiger partial charge in [0.15, 0.2) is 5.11 Å². The molecule has 0 radical (unpaired) electrons. The van der Waals surface area contributed by atoms with E-state index in [9.17, 15) is 0 Å². The van der Waals surface area contributed by atoms with E-state index >= 15 is 0 Å². The predicted octanol–water partition coefficient (Wildman–Crippen LogP) is 2.85. The summed E-state index contributed by atoms with van der Waals surface area (Å²) in [6.07, 6.45) is 7.27. The second-order valence-electron chi connectivity index (χ2n) is 6.74. The average Bonchev–Trinajstić information content (AvgIpc) is 2.30.